The number of aromatic nitrogens is 3. The van der Waals surface area contributed by atoms with Crippen molar-refractivity contribution in [1.29, 1.82) is 0 Å². The number of fused-ring (bicyclic) bond motifs is 1. The molecule has 5 rings (SSSR count). The number of benzene rings is 2. The number of carbonyl (C=O) groups excluding carboxylic acids is 1. The van der Waals surface area contributed by atoms with E-state index in [9.17, 15) is 18.0 Å². The van der Waals surface area contributed by atoms with Crippen LogP contribution in [0.25, 0.3) is 0 Å². The van der Waals surface area contributed by atoms with Gasteiger partial charge in [-0.05, 0) is 54.0 Å². The Balaban J connectivity index is 1.36. The third kappa shape index (κ3) is 6.53. The molecule has 0 amide bonds. The molecule has 0 fully saturated rings. The van der Waals surface area contributed by atoms with E-state index >= 15 is 0 Å². The van der Waals surface area contributed by atoms with Crippen LogP contribution < -0.4 is 5.32 Å². The molecule has 0 radical (unpaired) electrons. The molecule has 1 unspecified atom stereocenters. The average molecular weight is 561 g/mol. The minimum absolute atomic E-state index is 0.0650. The molecular weight excluding hydrogens is 525 g/mol. The average Bonchev–Trinajstić information content (AvgIpc) is 3.37. The van der Waals surface area contributed by atoms with Crippen molar-refractivity contribution in [2.24, 2.45) is 5.41 Å². The van der Waals surface area contributed by atoms with Crippen molar-refractivity contribution in [3.05, 3.63) is 113 Å². The number of alkyl halides is 3. The fourth-order valence-corrected chi connectivity index (χ4v) is 5.74. The third-order valence-electron chi connectivity index (χ3n) is 7.99. The fraction of sp³-hybridized carbons (Fsp3) is 0.364. The molecule has 4 aromatic rings. The SMILES string of the molecule is Cc1ccnc(C(CCC(C)(C)CC(=O)c2cnn3c2N[C@@H](c2ccccc2)C[C@H]3C(F)(F)F)c2ccccc2)c1. The Bertz CT molecular complexity index is 1480. The van der Waals surface area contributed by atoms with Crippen molar-refractivity contribution in [2.75, 3.05) is 5.32 Å². The first-order valence-corrected chi connectivity index (χ1v) is 14.0. The standard InChI is InChI=1S/C33H35F3N4O/c1-22-15-17-37-28(18-22)25(23-10-6-4-7-11-23)14-16-32(2,3)20-29(41)26-21-38-40-30(33(34,35)36)19-27(39-31(26)40)24-12-8-5-9-13-24/h4-13,15,17-18,21,25,27,30,39H,14,16,19-20H2,1-3H3/t25?,27-,30+/m1/s1. The lowest BCUT2D eigenvalue weighted by Gasteiger charge is -2.34. The summed E-state index contributed by atoms with van der Waals surface area (Å²) in [5, 5.41) is 7.25. The molecule has 5 nitrogen and oxygen atoms in total. The quantitative estimate of drug-likeness (QED) is 0.209. The largest absolute Gasteiger partial charge is 0.410 e. The zero-order chi connectivity index (χ0) is 29.2. The zero-order valence-electron chi connectivity index (χ0n) is 23.5. The molecular formula is C33H35F3N4O. The van der Waals surface area contributed by atoms with Gasteiger partial charge >= 0.3 is 6.18 Å². The number of nitrogens with one attached hydrogen (secondary N) is 1. The van der Waals surface area contributed by atoms with E-state index in [1.54, 1.807) is 24.3 Å². The van der Waals surface area contributed by atoms with Gasteiger partial charge in [0.15, 0.2) is 11.8 Å². The molecule has 0 saturated heterocycles. The zero-order valence-corrected chi connectivity index (χ0v) is 23.5. The summed E-state index contributed by atoms with van der Waals surface area (Å²) in [6, 6.07) is 20.9. The molecule has 214 valence electrons. The molecule has 2 aromatic heterocycles. The van der Waals surface area contributed by atoms with Gasteiger partial charge in [-0.15, -0.1) is 0 Å². The normalized spacial score (nSPS) is 17.9. The molecule has 1 N–H and O–H groups in total. The minimum atomic E-state index is -4.49. The lowest BCUT2D eigenvalue weighted by atomic mass is 9.78. The highest BCUT2D eigenvalue weighted by Gasteiger charge is 2.47. The third-order valence-corrected chi connectivity index (χ3v) is 7.99. The van der Waals surface area contributed by atoms with Crippen molar-refractivity contribution < 1.29 is 18.0 Å². The van der Waals surface area contributed by atoms with Gasteiger partial charge in [0.1, 0.15) is 5.82 Å². The molecule has 1 aliphatic heterocycles. The first-order chi connectivity index (χ1) is 19.5. The van der Waals surface area contributed by atoms with Crippen LogP contribution in [0.1, 0.15) is 90.3 Å². The highest BCUT2D eigenvalue weighted by molar-refractivity contribution is 6.00. The smallest absolute Gasteiger partial charge is 0.363 e. The monoisotopic (exact) mass is 560 g/mol. The van der Waals surface area contributed by atoms with Crippen LogP contribution in [-0.2, 0) is 0 Å². The number of pyridine rings is 1. The van der Waals surface area contributed by atoms with Crippen molar-refractivity contribution in [3.63, 3.8) is 0 Å². The first kappa shape index (κ1) is 28.6. The lowest BCUT2D eigenvalue weighted by Crippen LogP contribution is -2.36. The minimum Gasteiger partial charge on any atom is -0.363 e. The van der Waals surface area contributed by atoms with E-state index in [0.717, 1.165) is 39.9 Å². The maximum Gasteiger partial charge on any atom is 0.410 e. The Morgan fingerprint density at radius 2 is 1.73 bits per heavy atom. The number of hydrogen-bond donors (Lipinski definition) is 1. The van der Waals surface area contributed by atoms with Crippen LogP contribution in [0.3, 0.4) is 0 Å². The van der Waals surface area contributed by atoms with Crippen molar-refractivity contribution in [3.8, 4) is 0 Å². The van der Waals surface area contributed by atoms with Crippen LogP contribution in [-0.4, -0.2) is 26.7 Å². The van der Waals surface area contributed by atoms with Gasteiger partial charge in [-0.2, -0.15) is 18.3 Å². The van der Waals surface area contributed by atoms with E-state index in [0.29, 0.717) is 0 Å². The summed E-state index contributed by atoms with van der Waals surface area (Å²) < 4.78 is 43.2. The van der Waals surface area contributed by atoms with Gasteiger partial charge in [-0.25, -0.2) is 4.68 Å². The molecule has 1 aliphatic rings. The number of anilines is 1. The number of carbonyl (C=O) groups is 1. The number of aryl methyl sites for hydroxylation is 1. The van der Waals surface area contributed by atoms with Crippen LogP contribution in [0.5, 0.6) is 0 Å². The Kier molecular flexibility index (Phi) is 8.02. The van der Waals surface area contributed by atoms with E-state index in [4.69, 9.17) is 0 Å². The molecule has 8 heteroatoms. The van der Waals surface area contributed by atoms with Crippen molar-refractivity contribution in [2.45, 2.75) is 70.6 Å². The van der Waals surface area contributed by atoms with Gasteiger partial charge in [-0.1, -0.05) is 74.5 Å². The van der Waals surface area contributed by atoms with Gasteiger partial charge in [0.05, 0.1) is 17.8 Å². The number of ketones is 1. The Morgan fingerprint density at radius 3 is 2.39 bits per heavy atom. The summed E-state index contributed by atoms with van der Waals surface area (Å²) >= 11 is 0. The number of Topliss-reactive ketones (excluding diaryl/α,β-unsaturated/α-hetero) is 1. The molecule has 0 saturated carbocycles. The van der Waals surface area contributed by atoms with E-state index in [-0.39, 0.29) is 35.9 Å². The Hall–Kier alpha value is -3.94. The predicted octanol–water partition coefficient (Wildman–Crippen LogP) is 8.46. The van der Waals surface area contributed by atoms with Crippen molar-refractivity contribution >= 4 is 11.6 Å². The van der Waals surface area contributed by atoms with Gasteiger partial charge in [0.25, 0.3) is 0 Å². The predicted molar refractivity (Wildman–Crippen MR) is 154 cm³/mol. The van der Waals surface area contributed by atoms with E-state index in [2.05, 4.69) is 33.6 Å². The van der Waals surface area contributed by atoms with E-state index in [1.807, 2.05) is 57.3 Å². The second-order valence-electron chi connectivity index (χ2n) is 11.8. The molecule has 2 aromatic carbocycles. The maximum absolute atomic E-state index is 14.1. The molecule has 0 aliphatic carbocycles. The number of halogens is 3. The van der Waals surface area contributed by atoms with Crippen LogP contribution >= 0.6 is 0 Å². The fourth-order valence-electron chi connectivity index (χ4n) is 5.74. The Labute approximate surface area is 238 Å². The number of nitrogens with zero attached hydrogens (tertiary/aromatic N) is 3. The van der Waals surface area contributed by atoms with Gasteiger partial charge in [0, 0.05) is 30.7 Å². The van der Waals surface area contributed by atoms with E-state index in [1.165, 1.54) is 6.20 Å². The summed E-state index contributed by atoms with van der Waals surface area (Å²) in [4.78, 5) is 18.3. The summed E-state index contributed by atoms with van der Waals surface area (Å²) in [7, 11) is 0. The van der Waals surface area contributed by atoms with Crippen LogP contribution in [0.4, 0.5) is 19.0 Å². The molecule has 0 spiro atoms. The summed E-state index contributed by atoms with van der Waals surface area (Å²) in [6.07, 6.45) is 0.0997. The van der Waals surface area contributed by atoms with Crippen LogP contribution in [0.2, 0.25) is 0 Å². The second kappa shape index (κ2) is 11.5. The first-order valence-electron chi connectivity index (χ1n) is 14.0. The van der Waals surface area contributed by atoms with Gasteiger partial charge < -0.3 is 5.32 Å². The van der Waals surface area contributed by atoms with Gasteiger partial charge in [-0.3, -0.25) is 9.78 Å². The molecule has 0 bridgehead atoms. The number of hydrogen-bond acceptors (Lipinski definition) is 4. The lowest BCUT2D eigenvalue weighted by molar-refractivity contribution is -0.173. The van der Waals surface area contributed by atoms with Crippen LogP contribution in [0, 0.1) is 12.3 Å². The van der Waals surface area contributed by atoms with Crippen LogP contribution in [0.15, 0.2) is 85.2 Å². The molecule has 3 heterocycles. The maximum atomic E-state index is 14.1. The number of rotatable bonds is 9. The van der Waals surface area contributed by atoms with Crippen molar-refractivity contribution in [1.82, 2.24) is 14.8 Å². The Morgan fingerprint density at radius 1 is 1.05 bits per heavy atom. The van der Waals surface area contributed by atoms with Gasteiger partial charge in [0.2, 0.25) is 0 Å². The summed E-state index contributed by atoms with van der Waals surface area (Å²) in [5.41, 5.74) is 3.82. The summed E-state index contributed by atoms with van der Waals surface area (Å²) in [6.45, 7) is 6.11. The molecule has 41 heavy (non-hydrogen) atoms. The summed E-state index contributed by atoms with van der Waals surface area (Å²) in [5.74, 6) is -0.0158. The highest BCUT2D eigenvalue weighted by atomic mass is 19.4. The molecule has 3 atom stereocenters. The topological polar surface area (TPSA) is 59.8 Å². The van der Waals surface area contributed by atoms with E-state index < -0.39 is 23.7 Å². The second-order valence-corrected chi connectivity index (χ2v) is 11.8. The highest BCUT2D eigenvalue weighted by Crippen LogP contribution is 2.45.